The van der Waals surface area contributed by atoms with Gasteiger partial charge in [0.15, 0.2) is 11.6 Å². The van der Waals surface area contributed by atoms with Crippen LogP contribution in [0.4, 0.5) is 8.78 Å². The van der Waals surface area contributed by atoms with Gasteiger partial charge in [0.2, 0.25) is 0 Å². The minimum Gasteiger partial charge on any atom is -0.496 e. The molecule has 2 aliphatic rings. The fourth-order valence-electron chi connectivity index (χ4n) is 3.94. The molecule has 0 N–H and O–H groups in total. The summed E-state index contributed by atoms with van der Waals surface area (Å²) in [4.78, 5) is 14.9. The van der Waals surface area contributed by atoms with Crippen molar-refractivity contribution in [2.24, 2.45) is 0 Å². The summed E-state index contributed by atoms with van der Waals surface area (Å²) in [6.07, 6.45) is 4.84. The zero-order valence-corrected chi connectivity index (χ0v) is 13.4. The lowest BCUT2D eigenvalue weighted by atomic mass is 9.71. The minimum absolute atomic E-state index is 0.0642. The van der Waals surface area contributed by atoms with Crippen LogP contribution in [0.2, 0.25) is 0 Å². The molecule has 0 atom stereocenters. The van der Waals surface area contributed by atoms with Crippen LogP contribution in [0.1, 0.15) is 35.3 Å². The molecule has 1 aromatic heterocycles. The van der Waals surface area contributed by atoms with Crippen molar-refractivity contribution in [3.63, 3.8) is 0 Å². The van der Waals surface area contributed by atoms with Gasteiger partial charge in [0, 0.05) is 31.0 Å². The Morgan fingerprint density at radius 1 is 1.21 bits per heavy atom. The third kappa shape index (κ3) is 1.98. The van der Waals surface area contributed by atoms with Crippen molar-refractivity contribution in [2.75, 3.05) is 13.7 Å². The van der Waals surface area contributed by atoms with E-state index in [1.165, 1.54) is 7.11 Å². The number of hydrogen-bond acceptors (Lipinski definition) is 2. The summed E-state index contributed by atoms with van der Waals surface area (Å²) < 4.78 is 34.4. The molecule has 1 fully saturated rings. The lowest BCUT2D eigenvalue weighted by Gasteiger charge is -2.53. The highest BCUT2D eigenvalue weighted by Crippen LogP contribution is 2.49. The molecule has 1 aliphatic heterocycles. The van der Waals surface area contributed by atoms with Gasteiger partial charge < -0.3 is 14.2 Å². The number of aromatic nitrogens is 1. The van der Waals surface area contributed by atoms with Crippen molar-refractivity contribution in [2.45, 2.75) is 31.3 Å². The summed E-state index contributed by atoms with van der Waals surface area (Å²) in [5.74, 6) is -2.30. The zero-order valence-electron chi connectivity index (χ0n) is 13.4. The maximum absolute atomic E-state index is 13.7. The van der Waals surface area contributed by atoms with Gasteiger partial charge in [-0.2, -0.15) is 0 Å². The Hall–Kier alpha value is -2.37. The lowest BCUT2D eigenvalue weighted by Crippen LogP contribution is -2.58. The van der Waals surface area contributed by atoms with E-state index < -0.39 is 11.6 Å². The van der Waals surface area contributed by atoms with E-state index in [1.54, 1.807) is 4.90 Å². The summed E-state index contributed by atoms with van der Waals surface area (Å²) in [6, 6.07) is 5.90. The van der Waals surface area contributed by atoms with Gasteiger partial charge in [-0.05, 0) is 37.5 Å². The zero-order chi connectivity index (χ0) is 16.9. The van der Waals surface area contributed by atoms with Crippen molar-refractivity contribution in [3.05, 3.63) is 53.4 Å². The molecule has 6 heteroatoms. The number of carbonyl (C=O) groups excluding carboxylic acids is 1. The van der Waals surface area contributed by atoms with Crippen molar-refractivity contribution in [1.29, 1.82) is 0 Å². The summed E-state index contributed by atoms with van der Waals surface area (Å²) in [6.45, 7) is 1.24. The third-order valence-corrected chi connectivity index (χ3v) is 5.29. The van der Waals surface area contributed by atoms with Gasteiger partial charge in [0.1, 0.15) is 5.75 Å². The fourth-order valence-corrected chi connectivity index (χ4v) is 3.94. The monoisotopic (exact) mass is 332 g/mol. The van der Waals surface area contributed by atoms with E-state index in [0.29, 0.717) is 13.1 Å². The Bertz CT molecular complexity index is 811. The number of nitrogens with zero attached hydrogens (tertiary/aromatic N) is 2. The average molecular weight is 332 g/mol. The number of halogens is 2. The van der Waals surface area contributed by atoms with E-state index in [2.05, 4.69) is 4.57 Å². The number of fused-ring (bicyclic) bond motifs is 2. The predicted molar refractivity (Wildman–Crippen MR) is 83.9 cm³/mol. The van der Waals surface area contributed by atoms with Crippen LogP contribution in [0.5, 0.6) is 5.75 Å². The molecule has 0 saturated heterocycles. The lowest BCUT2D eigenvalue weighted by molar-refractivity contribution is -0.00469. The van der Waals surface area contributed by atoms with E-state index in [1.807, 2.05) is 18.3 Å². The van der Waals surface area contributed by atoms with Gasteiger partial charge in [-0.25, -0.2) is 8.78 Å². The molecule has 0 bridgehead atoms. The Morgan fingerprint density at radius 2 is 1.96 bits per heavy atom. The molecule has 1 amide bonds. The molecule has 126 valence electrons. The smallest absolute Gasteiger partial charge is 0.258 e. The van der Waals surface area contributed by atoms with E-state index in [9.17, 15) is 13.6 Å². The number of rotatable bonds is 2. The number of amides is 1. The molecule has 24 heavy (non-hydrogen) atoms. The average Bonchev–Trinajstić information content (AvgIpc) is 3.02. The van der Waals surface area contributed by atoms with Crippen molar-refractivity contribution in [3.8, 4) is 5.75 Å². The highest BCUT2D eigenvalue weighted by molar-refractivity contribution is 5.97. The maximum atomic E-state index is 13.7. The summed E-state index contributed by atoms with van der Waals surface area (Å²) in [5.41, 5.74) is 0.854. The Labute approximate surface area is 138 Å². The second-order valence-electron chi connectivity index (χ2n) is 6.40. The first-order chi connectivity index (χ1) is 11.6. The largest absolute Gasteiger partial charge is 0.496 e. The van der Waals surface area contributed by atoms with Crippen LogP contribution in [0.3, 0.4) is 0 Å². The molecule has 1 saturated carbocycles. The normalized spacial score (nSPS) is 18.2. The summed E-state index contributed by atoms with van der Waals surface area (Å²) in [7, 11) is 1.35. The number of ether oxygens (including phenoxy) is 1. The molecule has 1 spiro atoms. The van der Waals surface area contributed by atoms with Gasteiger partial charge in [-0.15, -0.1) is 0 Å². The van der Waals surface area contributed by atoms with Gasteiger partial charge in [0.05, 0.1) is 18.2 Å². The molecular formula is C18H18F2N2O2. The van der Waals surface area contributed by atoms with Crippen LogP contribution in [-0.4, -0.2) is 29.0 Å². The number of carbonyl (C=O) groups is 1. The molecule has 2 aromatic rings. The molecule has 1 aliphatic carbocycles. The molecule has 0 radical (unpaired) electrons. The fraction of sp³-hybridized carbons (Fsp3) is 0.389. The first kappa shape index (κ1) is 15.2. The van der Waals surface area contributed by atoms with E-state index >= 15 is 0 Å². The predicted octanol–water partition coefficient (Wildman–Crippen LogP) is 3.31. The van der Waals surface area contributed by atoms with Gasteiger partial charge in [0.25, 0.3) is 5.91 Å². The third-order valence-electron chi connectivity index (χ3n) is 5.29. The second-order valence-corrected chi connectivity index (χ2v) is 6.40. The topological polar surface area (TPSA) is 34.5 Å². The van der Waals surface area contributed by atoms with Crippen molar-refractivity contribution < 1.29 is 18.3 Å². The quantitative estimate of drug-likeness (QED) is 0.846. The van der Waals surface area contributed by atoms with Crippen LogP contribution in [0.15, 0.2) is 30.5 Å². The van der Waals surface area contributed by atoms with Crippen LogP contribution in [0.25, 0.3) is 0 Å². The molecule has 2 heterocycles. The van der Waals surface area contributed by atoms with Gasteiger partial charge >= 0.3 is 0 Å². The standard InChI is InChI=1S/C18H18F2N2O2/c1-24-15-11-14(20)13(19)10-12(15)17(23)22-9-8-21-7-2-4-16(21)18(22)5-3-6-18/h2,4,7,10-11H,3,5-6,8-9H2,1H3. The van der Waals surface area contributed by atoms with Crippen molar-refractivity contribution in [1.82, 2.24) is 9.47 Å². The minimum atomic E-state index is -1.04. The van der Waals surface area contributed by atoms with E-state index in [4.69, 9.17) is 4.74 Å². The highest BCUT2D eigenvalue weighted by atomic mass is 19.2. The molecule has 4 nitrogen and oxygen atoms in total. The Morgan fingerprint density at radius 3 is 2.62 bits per heavy atom. The molecular weight excluding hydrogens is 314 g/mol. The first-order valence-corrected chi connectivity index (χ1v) is 8.07. The number of methoxy groups -OCH3 is 1. The molecule has 1 aromatic carbocycles. The number of hydrogen-bond donors (Lipinski definition) is 0. The Balaban J connectivity index is 1.77. The van der Waals surface area contributed by atoms with Gasteiger partial charge in [-0.3, -0.25) is 4.79 Å². The van der Waals surface area contributed by atoms with Crippen LogP contribution in [-0.2, 0) is 12.1 Å². The number of benzene rings is 1. The second kappa shape index (κ2) is 5.33. The van der Waals surface area contributed by atoms with Crippen LogP contribution < -0.4 is 4.74 Å². The SMILES string of the molecule is COc1cc(F)c(F)cc1C(=O)N1CCn2cccc2C12CCC2. The van der Waals surface area contributed by atoms with Crippen molar-refractivity contribution >= 4 is 5.91 Å². The van der Waals surface area contributed by atoms with E-state index in [0.717, 1.165) is 37.1 Å². The highest BCUT2D eigenvalue weighted by Gasteiger charge is 2.50. The van der Waals surface area contributed by atoms with E-state index in [-0.39, 0.29) is 22.8 Å². The van der Waals surface area contributed by atoms with Gasteiger partial charge in [-0.1, -0.05) is 0 Å². The maximum Gasteiger partial charge on any atom is 0.258 e. The van der Waals surface area contributed by atoms with Crippen LogP contribution >= 0.6 is 0 Å². The van der Waals surface area contributed by atoms with Crippen LogP contribution in [0, 0.1) is 11.6 Å². The summed E-state index contributed by atoms with van der Waals surface area (Å²) >= 11 is 0. The summed E-state index contributed by atoms with van der Waals surface area (Å²) in [5, 5.41) is 0. The first-order valence-electron chi connectivity index (χ1n) is 8.07. The molecule has 0 unspecified atom stereocenters. The molecule has 4 rings (SSSR count). The Kier molecular flexibility index (Phi) is 3.37.